The Morgan fingerprint density at radius 1 is 1.32 bits per heavy atom. The predicted octanol–water partition coefficient (Wildman–Crippen LogP) is 1.71. The molecular formula is C15H18N2O2. The average molecular weight is 258 g/mol. The van der Waals surface area contributed by atoms with Crippen LogP contribution in [-0.4, -0.2) is 28.8 Å². The highest BCUT2D eigenvalue weighted by Gasteiger charge is 2.42. The van der Waals surface area contributed by atoms with E-state index in [9.17, 15) is 5.11 Å². The Morgan fingerprint density at radius 3 is 2.89 bits per heavy atom. The number of fused-ring (bicyclic) bond motifs is 1. The van der Waals surface area contributed by atoms with Gasteiger partial charge in [-0.3, -0.25) is 4.98 Å². The summed E-state index contributed by atoms with van der Waals surface area (Å²) in [6, 6.07) is 9.64. The zero-order valence-electron chi connectivity index (χ0n) is 10.7. The van der Waals surface area contributed by atoms with Crippen molar-refractivity contribution in [2.45, 2.75) is 18.4 Å². The average Bonchev–Trinajstić information content (AvgIpc) is 3.30. The van der Waals surface area contributed by atoms with Crippen LogP contribution >= 0.6 is 0 Å². The van der Waals surface area contributed by atoms with Crippen molar-refractivity contribution in [1.82, 2.24) is 4.98 Å². The largest absolute Gasteiger partial charge is 0.491 e. The number of nitrogens with two attached hydrogens (primary N) is 1. The van der Waals surface area contributed by atoms with Crippen LogP contribution in [0.4, 0.5) is 0 Å². The van der Waals surface area contributed by atoms with Gasteiger partial charge in [0.2, 0.25) is 0 Å². The van der Waals surface area contributed by atoms with Crippen molar-refractivity contribution >= 4 is 10.9 Å². The number of rotatable bonds is 5. The number of nitrogens with zero attached hydrogens (tertiary/aromatic N) is 1. The van der Waals surface area contributed by atoms with Crippen LogP contribution in [-0.2, 0) is 0 Å². The van der Waals surface area contributed by atoms with Crippen LogP contribution in [0.2, 0.25) is 0 Å². The first-order valence-electron chi connectivity index (χ1n) is 6.59. The molecule has 3 rings (SSSR count). The monoisotopic (exact) mass is 258 g/mol. The van der Waals surface area contributed by atoms with E-state index >= 15 is 0 Å². The number of aliphatic hydroxyl groups excluding tert-OH is 1. The van der Waals surface area contributed by atoms with Gasteiger partial charge in [0, 0.05) is 11.6 Å². The topological polar surface area (TPSA) is 68.4 Å². The van der Waals surface area contributed by atoms with Gasteiger partial charge in [0.1, 0.15) is 12.4 Å². The van der Waals surface area contributed by atoms with Crippen molar-refractivity contribution in [3.63, 3.8) is 0 Å². The number of aliphatic hydroxyl groups is 1. The third kappa shape index (κ3) is 2.41. The maximum atomic E-state index is 9.47. The maximum absolute atomic E-state index is 9.47. The van der Waals surface area contributed by atoms with Gasteiger partial charge in [0.15, 0.2) is 0 Å². The van der Waals surface area contributed by atoms with E-state index in [1.807, 2.05) is 30.3 Å². The van der Waals surface area contributed by atoms with Gasteiger partial charge in [-0.2, -0.15) is 0 Å². The van der Waals surface area contributed by atoms with Gasteiger partial charge >= 0.3 is 0 Å². The smallest absolute Gasteiger partial charge is 0.128 e. The van der Waals surface area contributed by atoms with E-state index in [0.717, 1.165) is 29.5 Å². The van der Waals surface area contributed by atoms with Gasteiger partial charge in [-0.05, 0) is 43.0 Å². The summed E-state index contributed by atoms with van der Waals surface area (Å²) in [7, 11) is 0. The summed E-state index contributed by atoms with van der Waals surface area (Å²) in [6.07, 6.45) is 3.92. The van der Waals surface area contributed by atoms with Gasteiger partial charge in [0.05, 0.1) is 17.7 Å². The quantitative estimate of drug-likeness (QED) is 0.856. The second-order valence-corrected chi connectivity index (χ2v) is 5.28. The zero-order chi connectivity index (χ0) is 13.3. The highest BCUT2D eigenvalue weighted by atomic mass is 16.5. The first kappa shape index (κ1) is 12.4. The molecule has 3 N–H and O–H groups in total. The summed E-state index contributed by atoms with van der Waals surface area (Å²) in [5.41, 5.74) is 6.48. The van der Waals surface area contributed by atoms with Gasteiger partial charge in [0.25, 0.3) is 0 Å². The Balaban J connectivity index is 1.81. The van der Waals surface area contributed by atoms with Gasteiger partial charge in [-0.15, -0.1) is 0 Å². The van der Waals surface area contributed by atoms with Crippen LogP contribution in [0.15, 0.2) is 36.5 Å². The SMILES string of the molecule is NC(CO)(COc1cccc2ncccc12)C1CC1. The highest BCUT2D eigenvalue weighted by Crippen LogP contribution is 2.38. The Morgan fingerprint density at radius 2 is 2.16 bits per heavy atom. The molecule has 2 aromatic rings. The lowest BCUT2D eigenvalue weighted by Gasteiger charge is -2.27. The molecule has 1 aromatic heterocycles. The molecule has 4 heteroatoms. The van der Waals surface area contributed by atoms with E-state index in [1.165, 1.54) is 0 Å². The number of pyridine rings is 1. The fourth-order valence-electron chi connectivity index (χ4n) is 2.36. The number of hydrogen-bond acceptors (Lipinski definition) is 4. The van der Waals surface area contributed by atoms with Gasteiger partial charge in [-0.25, -0.2) is 0 Å². The summed E-state index contributed by atoms with van der Waals surface area (Å²) in [4.78, 5) is 4.29. The minimum absolute atomic E-state index is 0.0410. The molecule has 0 amide bonds. The van der Waals surface area contributed by atoms with E-state index in [2.05, 4.69) is 4.98 Å². The molecule has 100 valence electrons. The van der Waals surface area contributed by atoms with E-state index in [0.29, 0.717) is 12.5 Å². The molecule has 1 aliphatic rings. The van der Waals surface area contributed by atoms with E-state index < -0.39 is 5.54 Å². The molecule has 1 aromatic carbocycles. The molecule has 19 heavy (non-hydrogen) atoms. The third-order valence-corrected chi connectivity index (χ3v) is 3.79. The van der Waals surface area contributed by atoms with Crippen LogP contribution < -0.4 is 10.5 Å². The van der Waals surface area contributed by atoms with Gasteiger partial charge < -0.3 is 15.6 Å². The minimum Gasteiger partial charge on any atom is -0.491 e. The fourth-order valence-corrected chi connectivity index (χ4v) is 2.36. The molecule has 0 spiro atoms. The van der Waals surface area contributed by atoms with Crippen LogP contribution in [0.1, 0.15) is 12.8 Å². The zero-order valence-corrected chi connectivity index (χ0v) is 10.7. The number of benzene rings is 1. The maximum Gasteiger partial charge on any atom is 0.128 e. The lowest BCUT2D eigenvalue weighted by atomic mass is 9.97. The second-order valence-electron chi connectivity index (χ2n) is 5.28. The van der Waals surface area contributed by atoms with E-state index in [-0.39, 0.29) is 6.61 Å². The van der Waals surface area contributed by atoms with E-state index in [1.54, 1.807) is 6.20 Å². The van der Waals surface area contributed by atoms with Crippen molar-refractivity contribution in [3.05, 3.63) is 36.5 Å². The molecule has 1 atom stereocenters. The number of aromatic nitrogens is 1. The molecule has 1 fully saturated rings. The Kier molecular flexibility index (Phi) is 3.12. The normalized spacial score (nSPS) is 18.2. The fraction of sp³-hybridized carbons (Fsp3) is 0.400. The Labute approximate surface area is 112 Å². The molecule has 4 nitrogen and oxygen atoms in total. The molecule has 1 saturated carbocycles. The summed E-state index contributed by atoms with van der Waals surface area (Å²) in [5, 5.41) is 10.4. The summed E-state index contributed by atoms with van der Waals surface area (Å²) in [6.45, 7) is 0.295. The summed E-state index contributed by atoms with van der Waals surface area (Å²) in [5.74, 6) is 1.15. The Bertz CT molecular complexity index is 578. The Hall–Kier alpha value is -1.65. The lowest BCUT2D eigenvalue weighted by molar-refractivity contribution is 0.117. The molecule has 0 aliphatic heterocycles. The lowest BCUT2D eigenvalue weighted by Crippen LogP contribution is -2.51. The molecule has 1 aliphatic carbocycles. The predicted molar refractivity (Wildman–Crippen MR) is 74.0 cm³/mol. The molecular weight excluding hydrogens is 240 g/mol. The summed E-state index contributed by atoms with van der Waals surface area (Å²) >= 11 is 0. The van der Waals surface area contributed by atoms with Crippen molar-refractivity contribution in [2.24, 2.45) is 11.7 Å². The first-order chi connectivity index (χ1) is 9.23. The molecule has 0 bridgehead atoms. The molecule has 1 heterocycles. The van der Waals surface area contributed by atoms with Crippen molar-refractivity contribution in [1.29, 1.82) is 0 Å². The summed E-state index contributed by atoms with van der Waals surface area (Å²) < 4.78 is 5.85. The standard InChI is InChI=1S/C15H18N2O2/c16-15(9-18,11-6-7-11)10-19-14-5-1-4-13-12(14)3-2-8-17-13/h1-5,8,11,18H,6-7,9-10,16H2. The first-order valence-corrected chi connectivity index (χ1v) is 6.59. The molecule has 0 radical (unpaired) electrons. The molecule has 0 saturated heterocycles. The highest BCUT2D eigenvalue weighted by molar-refractivity contribution is 5.84. The number of hydrogen-bond donors (Lipinski definition) is 2. The van der Waals surface area contributed by atoms with Gasteiger partial charge in [-0.1, -0.05) is 6.07 Å². The van der Waals surface area contributed by atoms with Crippen LogP contribution in [0.5, 0.6) is 5.75 Å². The molecule has 1 unspecified atom stereocenters. The van der Waals surface area contributed by atoms with Crippen molar-refractivity contribution < 1.29 is 9.84 Å². The van der Waals surface area contributed by atoms with Crippen LogP contribution in [0, 0.1) is 5.92 Å². The third-order valence-electron chi connectivity index (χ3n) is 3.79. The van der Waals surface area contributed by atoms with Crippen LogP contribution in [0.25, 0.3) is 10.9 Å². The van der Waals surface area contributed by atoms with Crippen molar-refractivity contribution in [2.75, 3.05) is 13.2 Å². The van der Waals surface area contributed by atoms with Crippen LogP contribution in [0.3, 0.4) is 0 Å². The van der Waals surface area contributed by atoms with Crippen molar-refractivity contribution in [3.8, 4) is 5.75 Å². The van der Waals surface area contributed by atoms with E-state index in [4.69, 9.17) is 10.5 Å². The second kappa shape index (κ2) is 4.79. The number of ether oxygens (including phenoxy) is 1. The minimum atomic E-state index is -0.621.